The molecule has 9 atom stereocenters. The van der Waals surface area contributed by atoms with Gasteiger partial charge in [0.2, 0.25) is 10.0 Å². The van der Waals surface area contributed by atoms with Crippen LogP contribution in [0.4, 0.5) is 18.0 Å². The fourth-order valence-electron chi connectivity index (χ4n) is 6.61. The minimum absolute atomic E-state index is 0.0303. The molecule has 0 spiro atoms. The molecule has 0 aromatic heterocycles. The average Bonchev–Trinajstić information content (AvgIpc) is 3.38. The summed E-state index contributed by atoms with van der Waals surface area (Å²) in [7, 11) is -1.21. The molecular weight excluding hydrogens is 673 g/mol. The normalized spacial score (nSPS) is 29.3. The first-order valence-corrected chi connectivity index (χ1v) is 17.0. The summed E-state index contributed by atoms with van der Waals surface area (Å²) in [6.07, 6.45) is -11.0. The third-order valence-corrected chi connectivity index (χ3v) is 10.6. The van der Waals surface area contributed by atoms with Crippen molar-refractivity contribution in [3.63, 3.8) is 0 Å². The van der Waals surface area contributed by atoms with Crippen molar-refractivity contribution >= 4 is 22.0 Å². The van der Waals surface area contributed by atoms with Gasteiger partial charge in [0.05, 0.1) is 35.2 Å². The molecule has 3 aliphatic rings. The zero-order valence-electron chi connectivity index (χ0n) is 26.8. The van der Waals surface area contributed by atoms with Crippen molar-refractivity contribution in [1.82, 2.24) is 14.5 Å². The number of alkyl halides is 3. The number of hydrogen-bond donors (Lipinski definition) is 1. The molecule has 0 radical (unpaired) electrons. The lowest BCUT2D eigenvalue weighted by Gasteiger charge is -2.45. The van der Waals surface area contributed by atoms with Crippen LogP contribution in [0.1, 0.15) is 37.8 Å². The SMILES string of the molecule is CO[C@H]1C[C@H](N=[N+]=[N-])[C@@H](O[C@H]2O[C@H](CN(C(=O)C(F)(F)F)[C@H](C)c3ccccc3)CC[C@H]2NS(=O)(=O)c2ccccc2)[C@@H]2OC(=O)N(C)[C@@H]21. The molecule has 1 aliphatic carbocycles. The molecule has 2 aromatic rings. The predicted octanol–water partition coefficient (Wildman–Crippen LogP) is 4.29. The van der Waals surface area contributed by atoms with E-state index in [0.717, 1.165) is 0 Å². The molecular formula is C31H37F3N6O8S. The number of ether oxygens (including phenoxy) is 4. The third-order valence-electron chi connectivity index (χ3n) is 9.13. The summed E-state index contributed by atoms with van der Waals surface area (Å²) in [5.74, 6) is -2.07. The van der Waals surface area contributed by atoms with Crippen LogP contribution in [-0.2, 0) is 33.8 Å². The predicted molar refractivity (Wildman–Crippen MR) is 166 cm³/mol. The summed E-state index contributed by atoms with van der Waals surface area (Å²) >= 11 is 0. The Bertz CT molecular complexity index is 1630. The van der Waals surface area contributed by atoms with Gasteiger partial charge in [-0.05, 0) is 49.4 Å². The van der Waals surface area contributed by atoms with E-state index >= 15 is 0 Å². The highest BCUT2D eigenvalue weighted by Crippen LogP contribution is 2.38. The highest BCUT2D eigenvalue weighted by molar-refractivity contribution is 7.89. The van der Waals surface area contributed by atoms with Crippen LogP contribution in [0.3, 0.4) is 0 Å². The summed E-state index contributed by atoms with van der Waals surface area (Å²) < 4.78 is 94.7. The molecule has 2 aliphatic heterocycles. The van der Waals surface area contributed by atoms with Crippen LogP contribution in [0.15, 0.2) is 70.7 Å². The average molecular weight is 711 g/mol. The molecule has 1 saturated carbocycles. The fourth-order valence-corrected chi connectivity index (χ4v) is 7.89. The maximum atomic E-state index is 13.9. The highest BCUT2D eigenvalue weighted by atomic mass is 32.2. The number of methoxy groups -OCH3 is 1. The number of carbonyl (C=O) groups excluding carboxylic acids is 2. The van der Waals surface area contributed by atoms with Crippen LogP contribution in [0.5, 0.6) is 0 Å². The monoisotopic (exact) mass is 710 g/mol. The highest BCUT2D eigenvalue weighted by Gasteiger charge is 2.56. The zero-order chi connectivity index (χ0) is 35.5. The molecule has 18 heteroatoms. The van der Waals surface area contributed by atoms with Crippen molar-refractivity contribution in [2.45, 2.75) is 92.1 Å². The minimum Gasteiger partial charge on any atom is -0.441 e. The number of fused-ring (bicyclic) bond motifs is 1. The summed E-state index contributed by atoms with van der Waals surface area (Å²) in [5.41, 5.74) is 9.83. The largest absolute Gasteiger partial charge is 0.471 e. The Balaban J connectivity index is 1.47. The smallest absolute Gasteiger partial charge is 0.441 e. The minimum atomic E-state index is -5.18. The van der Waals surface area contributed by atoms with Gasteiger partial charge >= 0.3 is 18.2 Å². The first kappa shape index (κ1) is 36.4. The molecule has 49 heavy (non-hydrogen) atoms. The fraction of sp³-hybridized carbons (Fsp3) is 0.548. The summed E-state index contributed by atoms with van der Waals surface area (Å²) in [6.45, 7) is 0.961. The van der Waals surface area contributed by atoms with Crippen molar-refractivity contribution in [1.29, 1.82) is 0 Å². The van der Waals surface area contributed by atoms with E-state index in [2.05, 4.69) is 14.7 Å². The van der Waals surface area contributed by atoms with Crippen LogP contribution in [-0.4, -0.2) is 106 Å². The Labute approximate surface area is 281 Å². The van der Waals surface area contributed by atoms with Gasteiger partial charge in [0.15, 0.2) is 12.4 Å². The van der Waals surface area contributed by atoms with Crippen molar-refractivity contribution in [3.8, 4) is 0 Å². The maximum absolute atomic E-state index is 13.9. The van der Waals surface area contributed by atoms with Crippen LogP contribution in [0.2, 0.25) is 0 Å². The molecule has 1 N–H and O–H groups in total. The molecule has 0 unspecified atom stereocenters. The number of azide groups is 1. The molecule has 0 bridgehead atoms. The Kier molecular flexibility index (Phi) is 11.1. The number of nitrogens with zero attached hydrogens (tertiary/aromatic N) is 5. The Morgan fingerprint density at radius 3 is 2.43 bits per heavy atom. The number of sulfonamides is 1. The molecule has 2 heterocycles. The van der Waals surface area contributed by atoms with Gasteiger partial charge in [0, 0.05) is 25.6 Å². The molecule has 2 amide bonds. The first-order chi connectivity index (χ1) is 23.2. The third kappa shape index (κ3) is 7.95. The van der Waals surface area contributed by atoms with E-state index in [1.54, 1.807) is 48.5 Å². The van der Waals surface area contributed by atoms with E-state index in [-0.39, 0.29) is 24.2 Å². The van der Waals surface area contributed by atoms with E-state index < -0.39 is 89.6 Å². The van der Waals surface area contributed by atoms with Crippen LogP contribution in [0, 0.1) is 0 Å². The standard InChI is InChI=1S/C31H37F3N6O8S/c1-18(19-10-6-4-7-11-19)40(29(41)31(32,33)34)17-20-14-15-22(37-49(43,44)21-12-8-5-9-13-21)28(46-20)47-26-23(36-38-35)16-24(45-3)25-27(26)48-30(42)39(25)2/h4-13,18,20,22-28,37H,14-17H2,1-3H3/t18-,20+,22-,23+,24+,25-,26-,27-,28-/m1/s1. The van der Waals surface area contributed by atoms with E-state index in [0.29, 0.717) is 10.5 Å². The summed E-state index contributed by atoms with van der Waals surface area (Å²) in [5, 5.41) is 3.85. The van der Waals surface area contributed by atoms with Crippen LogP contribution < -0.4 is 4.72 Å². The number of halogens is 3. The number of amides is 2. The molecule has 5 rings (SSSR count). The van der Waals surface area contributed by atoms with Gasteiger partial charge in [0.1, 0.15) is 12.1 Å². The Hall–Kier alpha value is -3.93. The van der Waals surface area contributed by atoms with Crippen molar-refractivity contribution in [2.75, 3.05) is 20.7 Å². The molecule has 3 fully saturated rings. The number of rotatable bonds is 11. The second-order valence-corrected chi connectivity index (χ2v) is 13.8. The zero-order valence-corrected chi connectivity index (χ0v) is 27.7. The topological polar surface area (TPSA) is 172 Å². The number of nitrogens with one attached hydrogen (secondary N) is 1. The lowest BCUT2D eigenvalue weighted by atomic mass is 9.83. The van der Waals surface area contributed by atoms with Crippen LogP contribution in [0.25, 0.3) is 10.4 Å². The number of likely N-dealkylation sites (N-methyl/N-ethyl adjacent to an activating group) is 1. The molecule has 14 nitrogen and oxygen atoms in total. The van der Waals surface area contributed by atoms with Gasteiger partial charge in [0.25, 0.3) is 0 Å². The Morgan fingerprint density at radius 2 is 1.82 bits per heavy atom. The Morgan fingerprint density at radius 1 is 1.16 bits per heavy atom. The molecule has 266 valence electrons. The van der Waals surface area contributed by atoms with E-state index in [1.165, 1.54) is 38.1 Å². The van der Waals surface area contributed by atoms with E-state index in [4.69, 9.17) is 18.9 Å². The van der Waals surface area contributed by atoms with Crippen molar-refractivity contribution in [2.24, 2.45) is 5.11 Å². The number of carbonyl (C=O) groups is 2. The van der Waals surface area contributed by atoms with Gasteiger partial charge in [-0.1, -0.05) is 53.6 Å². The van der Waals surface area contributed by atoms with Gasteiger partial charge in [-0.15, -0.1) is 0 Å². The molecule has 2 saturated heterocycles. The number of hydrogen-bond acceptors (Lipinski definition) is 9. The van der Waals surface area contributed by atoms with Gasteiger partial charge in [-0.2, -0.15) is 13.2 Å². The van der Waals surface area contributed by atoms with Gasteiger partial charge in [-0.3, -0.25) is 4.79 Å². The molecule has 2 aromatic carbocycles. The van der Waals surface area contributed by atoms with Gasteiger partial charge < -0.3 is 28.7 Å². The van der Waals surface area contributed by atoms with E-state index in [1.807, 2.05) is 0 Å². The second kappa shape index (κ2) is 14.9. The lowest BCUT2D eigenvalue weighted by Crippen LogP contribution is -2.61. The van der Waals surface area contributed by atoms with Crippen LogP contribution >= 0.6 is 0 Å². The van der Waals surface area contributed by atoms with Crippen molar-refractivity contribution < 1.29 is 50.1 Å². The summed E-state index contributed by atoms with van der Waals surface area (Å²) in [6, 6.07) is 12.0. The van der Waals surface area contributed by atoms with Crippen molar-refractivity contribution in [3.05, 3.63) is 76.7 Å². The summed E-state index contributed by atoms with van der Waals surface area (Å²) in [4.78, 5) is 30.2. The number of benzene rings is 2. The van der Waals surface area contributed by atoms with Gasteiger partial charge in [-0.25, -0.2) is 17.9 Å². The second-order valence-electron chi connectivity index (χ2n) is 12.1. The quantitative estimate of drug-likeness (QED) is 0.204. The lowest BCUT2D eigenvalue weighted by molar-refractivity contribution is -0.252. The first-order valence-electron chi connectivity index (χ1n) is 15.6. The van der Waals surface area contributed by atoms with E-state index in [9.17, 15) is 36.7 Å². The maximum Gasteiger partial charge on any atom is 0.471 e.